The molecule has 4 rings (SSSR count). The number of likely N-dealkylation sites (tertiary alicyclic amines) is 1. The van der Waals surface area contributed by atoms with Gasteiger partial charge in [-0.1, -0.05) is 31.0 Å². The largest absolute Gasteiger partial charge is 0.451 e. The summed E-state index contributed by atoms with van der Waals surface area (Å²) in [4.78, 5) is 38.5. The van der Waals surface area contributed by atoms with E-state index in [1.54, 1.807) is 11.0 Å². The van der Waals surface area contributed by atoms with Crippen LogP contribution in [0.1, 0.15) is 49.1 Å². The van der Waals surface area contributed by atoms with Crippen molar-refractivity contribution in [1.29, 1.82) is 0 Å². The Kier molecular flexibility index (Phi) is 5.83. The van der Waals surface area contributed by atoms with Gasteiger partial charge >= 0.3 is 11.8 Å². The summed E-state index contributed by atoms with van der Waals surface area (Å²) in [5, 5.41) is 6.47. The van der Waals surface area contributed by atoms with Gasteiger partial charge in [-0.3, -0.25) is 14.4 Å². The van der Waals surface area contributed by atoms with Gasteiger partial charge in [-0.15, -0.1) is 0 Å². The zero-order chi connectivity index (χ0) is 20.2. The van der Waals surface area contributed by atoms with E-state index in [1.165, 1.54) is 0 Å². The number of piperidine rings is 1. The van der Waals surface area contributed by atoms with E-state index in [2.05, 4.69) is 10.6 Å². The van der Waals surface area contributed by atoms with Gasteiger partial charge in [-0.2, -0.15) is 0 Å². The van der Waals surface area contributed by atoms with Crippen molar-refractivity contribution in [1.82, 2.24) is 15.5 Å². The second-order valence-corrected chi connectivity index (χ2v) is 8.05. The second kappa shape index (κ2) is 8.68. The zero-order valence-corrected chi connectivity index (χ0v) is 16.5. The monoisotopic (exact) mass is 397 g/mol. The van der Waals surface area contributed by atoms with Crippen LogP contribution >= 0.6 is 0 Å². The molecular formula is C22H27N3O4. The normalized spacial score (nSPS) is 18.1. The van der Waals surface area contributed by atoms with Crippen LogP contribution in [0.25, 0.3) is 11.0 Å². The molecule has 0 atom stereocenters. The quantitative estimate of drug-likeness (QED) is 0.776. The number of benzene rings is 1. The Hall–Kier alpha value is -2.83. The van der Waals surface area contributed by atoms with Crippen LogP contribution in [0.3, 0.4) is 0 Å². The molecular weight excluding hydrogens is 370 g/mol. The SMILES string of the molecule is O=C(NCC1CCN(C(=O)c2cc3ccccc3o2)CC1)C(=O)NC1CCCC1. The van der Waals surface area contributed by atoms with Crippen molar-refractivity contribution >= 4 is 28.7 Å². The molecule has 2 fully saturated rings. The van der Waals surface area contributed by atoms with Crippen molar-refractivity contribution in [2.24, 2.45) is 5.92 Å². The van der Waals surface area contributed by atoms with Gasteiger partial charge in [-0.25, -0.2) is 0 Å². The lowest BCUT2D eigenvalue weighted by molar-refractivity contribution is -0.139. The number of para-hydroxylation sites is 1. The molecule has 154 valence electrons. The maximum atomic E-state index is 12.7. The Morgan fingerprint density at radius 1 is 1.00 bits per heavy atom. The van der Waals surface area contributed by atoms with Crippen LogP contribution < -0.4 is 10.6 Å². The fourth-order valence-electron chi connectivity index (χ4n) is 4.22. The maximum absolute atomic E-state index is 12.7. The van der Waals surface area contributed by atoms with E-state index >= 15 is 0 Å². The van der Waals surface area contributed by atoms with E-state index in [0.29, 0.717) is 31.0 Å². The van der Waals surface area contributed by atoms with Crippen molar-refractivity contribution in [2.75, 3.05) is 19.6 Å². The van der Waals surface area contributed by atoms with E-state index in [9.17, 15) is 14.4 Å². The molecule has 7 nitrogen and oxygen atoms in total. The number of hydrogen-bond donors (Lipinski definition) is 2. The molecule has 2 N–H and O–H groups in total. The molecule has 1 saturated heterocycles. The fourth-order valence-corrected chi connectivity index (χ4v) is 4.22. The van der Waals surface area contributed by atoms with Gasteiger partial charge in [0.2, 0.25) is 0 Å². The molecule has 1 saturated carbocycles. The minimum absolute atomic E-state index is 0.0976. The van der Waals surface area contributed by atoms with Gasteiger partial charge in [0.1, 0.15) is 5.58 Å². The van der Waals surface area contributed by atoms with Gasteiger partial charge in [-0.05, 0) is 43.7 Å². The predicted molar refractivity (Wildman–Crippen MR) is 108 cm³/mol. The van der Waals surface area contributed by atoms with Crippen molar-refractivity contribution in [3.63, 3.8) is 0 Å². The summed E-state index contributed by atoms with van der Waals surface area (Å²) >= 11 is 0. The average molecular weight is 397 g/mol. The smallest absolute Gasteiger partial charge is 0.309 e. The van der Waals surface area contributed by atoms with E-state index in [1.807, 2.05) is 24.3 Å². The molecule has 1 aromatic heterocycles. The lowest BCUT2D eigenvalue weighted by atomic mass is 9.96. The average Bonchev–Trinajstić information content (AvgIpc) is 3.41. The Morgan fingerprint density at radius 2 is 1.72 bits per heavy atom. The maximum Gasteiger partial charge on any atom is 0.309 e. The molecule has 0 spiro atoms. The Balaban J connectivity index is 1.22. The summed E-state index contributed by atoms with van der Waals surface area (Å²) < 4.78 is 5.68. The summed E-state index contributed by atoms with van der Waals surface area (Å²) in [5.74, 6) is -0.564. The van der Waals surface area contributed by atoms with Crippen molar-refractivity contribution in [3.8, 4) is 0 Å². The highest BCUT2D eigenvalue weighted by atomic mass is 16.3. The van der Waals surface area contributed by atoms with Gasteiger partial charge in [0.25, 0.3) is 5.91 Å². The van der Waals surface area contributed by atoms with Crippen LogP contribution in [0, 0.1) is 5.92 Å². The molecule has 2 aliphatic rings. The molecule has 1 aliphatic heterocycles. The molecule has 1 aromatic carbocycles. The van der Waals surface area contributed by atoms with Crippen LogP contribution in [0.2, 0.25) is 0 Å². The van der Waals surface area contributed by atoms with Crippen LogP contribution in [0.4, 0.5) is 0 Å². The fraction of sp³-hybridized carbons (Fsp3) is 0.500. The number of furan rings is 1. The molecule has 0 unspecified atom stereocenters. The number of nitrogens with one attached hydrogen (secondary N) is 2. The molecule has 3 amide bonds. The highest BCUT2D eigenvalue weighted by Crippen LogP contribution is 2.23. The standard InChI is InChI=1S/C22H27N3O4/c26-20(21(27)24-17-6-2-3-7-17)23-14-15-9-11-25(12-10-15)22(28)19-13-16-5-1-4-8-18(16)29-19/h1,4-5,8,13,15,17H,2-3,6-7,9-12,14H2,(H,23,26)(H,24,27). The van der Waals surface area contributed by atoms with Crippen molar-refractivity contribution in [3.05, 3.63) is 36.1 Å². The van der Waals surface area contributed by atoms with Crippen molar-refractivity contribution < 1.29 is 18.8 Å². The third-order valence-electron chi connectivity index (χ3n) is 5.99. The zero-order valence-electron chi connectivity index (χ0n) is 16.5. The highest BCUT2D eigenvalue weighted by molar-refractivity contribution is 6.35. The number of amides is 3. The number of nitrogens with zero attached hydrogens (tertiary/aromatic N) is 1. The van der Waals surface area contributed by atoms with Gasteiger partial charge in [0.15, 0.2) is 5.76 Å². The minimum atomic E-state index is -0.558. The summed E-state index contributed by atoms with van der Waals surface area (Å²) in [6, 6.07) is 9.50. The number of rotatable bonds is 4. The number of fused-ring (bicyclic) bond motifs is 1. The lowest BCUT2D eigenvalue weighted by Gasteiger charge is -2.31. The van der Waals surface area contributed by atoms with Crippen LogP contribution in [-0.2, 0) is 9.59 Å². The first kappa shape index (κ1) is 19.5. The van der Waals surface area contributed by atoms with Gasteiger partial charge in [0.05, 0.1) is 0 Å². The van der Waals surface area contributed by atoms with Gasteiger partial charge in [0, 0.05) is 31.1 Å². The molecule has 29 heavy (non-hydrogen) atoms. The highest BCUT2D eigenvalue weighted by Gasteiger charge is 2.27. The molecule has 0 bridgehead atoms. The first-order valence-corrected chi connectivity index (χ1v) is 10.5. The van der Waals surface area contributed by atoms with Crippen molar-refractivity contribution in [2.45, 2.75) is 44.6 Å². The topological polar surface area (TPSA) is 91.7 Å². The Labute approximate surface area is 169 Å². The van der Waals surface area contributed by atoms with E-state index in [0.717, 1.165) is 43.9 Å². The van der Waals surface area contributed by atoms with E-state index in [-0.39, 0.29) is 17.9 Å². The summed E-state index contributed by atoms with van der Waals surface area (Å²) in [6.07, 6.45) is 5.70. The number of carbonyl (C=O) groups is 3. The third-order valence-corrected chi connectivity index (χ3v) is 5.99. The number of hydrogen-bond acceptors (Lipinski definition) is 4. The number of carbonyl (C=O) groups excluding carboxylic acids is 3. The molecule has 1 aliphatic carbocycles. The van der Waals surface area contributed by atoms with Crippen LogP contribution in [0.5, 0.6) is 0 Å². The van der Waals surface area contributed by atoms with E-state index < -0.39 is 11.8 Å². The lowest BCUT2D eigenvalue weighted by Crippen LogP contribution is -2.46. The molecule has 0 radical (unpaired) electrons. The summed E-state index contributed by atoms with van der Waals surface area (Å²) in [7, 11) is 0. The molecule has 2 aromatic rings. The third kappa shape index (κ3) is 4.60. The first-order valence-electron chi connectivity index (χ1n) is 10.5. The predicted octanol–water partition coefficient (Wildman–Crippen LogP) is 2.46. The first-order chi connectivity index (χ1) is 14.1. The second-order valence-electron chi connectivity index (χ2n) is 8.05. The minimum Gasteiger partial charge on any atom is -0.451 e. The van der Waals surface area contributed by atoms with Gasteiger partial charge < -0.3 is 20.0 Å². The van der Waals surface area contributed by atoms with E-state index in [4.69, 9.17) is 4.42 Å². The van der Waals surface area contributed by atoms with Crippen LogP contribution in [0.15, 0.2) is 34.7 Å². The summed E-state index contributed by atoms with van der Waals surface area (Å²) in [6.45, 7) is 1.69. The summed E-state index contributed by atoms with van der Waals surface area (Å²) in [5.41, 5.74) is 0.712. The molecule has 7 heteroatoms. The Bertz CT molecular complexity index is 859. The Morgan fingerprint density at radius 3 is 2.45 bits per heavy atom. The van der Waals surface area contributed by atoms with Crippen LogP contribution in [-0.4, -0.2) is 48.3 Å². The molecule has 2 heterocycles.